The van der Waals surface area contributed by atoms with E-state index in [1.807, 2.05) is 13.8 Å². The quantitative estimate of drug-likeness (QED) is 0.251. The molecule has 5 nitrogen and oxygen atoms in total. The van der Waals surface area contributed by atoms with Crippen LogP contribution >= 0.6 is 20.2 Å². The number of hydrogen-bond donors (Lipinski definition) is 0. The molecule has 0 aliphatic rings. The standard InChI is InChI=1S/C24H51N2O3PS/c1-17(2)22(27)31-16-24(13,14)29-23(11,12)15-28-30(25(18(3)4)19(5)6)26(20(7)8)21(9)10/h17-21H,15-16H2,1-14H3. The number of hydrogen-bond acceptors (Lipinski definition) is 6. The monoisotopic (exact) mass is 478 g/mol. The van der Waals surface area contributed by atoms with Gasteiger partial charge in [-0.25, -0.2) is 9.34 Å². The molecule has 0 aliphatic heterocycles. The van der Waals surface area contributed by atoms with E-state index in [1.165, 1.54) is 11.8 Å². The Morgan fingerprint density at radius 2 is 1.16 bits per heavy atom. The molecule has 0 N–H and O–H groups in total. The molecular weight excluding hydrogens is 427 g/mol. The molecule has 0 saturated carbocycles. The largest absolute Gasteiger partial charge is 0.366 e. The Balaban J connectivity index is 5.46. The third kappa shape index (κ3) is 11.3. The molecule has 0 rings (SSSR count). The van der Waals surface area contributed by atoms with Gasteiger partial charge in [-0.05, 0) is 83.1 Å². The Morgan fingerprint density at radius 1 is 0.774 bits per heavy atom. The van der Waals surface area contributed by atoms with E-state index in [2.05, 4.69) is 92.4 Å². The van der Waals surface area contributed by atoms with E-state index in [-0.39, 0.29) is 11.0 Å². The average molecular weight is 479 g/mol. The first-order valence-corrected chi connectivity index (χ1v) is 13.9. The van der Waals surface area contributed by atoms with Crippen LogP contribution < -0.4 is 0 Å². The van der Waals surface area contributed by atoms with Gasteiger partial charge >= 0.3 is 0 Å². The zero-order chi connectivity index (χ0) is 24.7. The lowest BCUT2D eigenvalue weighted by Crippen LogP contribution is -2.46. The fourth-order valence-corrected chi connectivity index (χ4v) is 7.06. The SMILES string of the molecule is CC(C)C(=O)SCC(C)(C)OC(C)(C)COP(N(C(C)C)C(C)C)N(C(C)C)C(C)C. The summed E-state index contributed by atoms with van der Waals surface area (Å²) in [5.41, 5.74) is -0.888. The first-order chi connectivity index (χ1) is 13.9. The van der Waals surface area contributed by atoms with E-state index in [9.17, 15) is 4.79 Å². The Labute approximate surface area is 199 Å². The molecular formula is C24H51N2O3PS. The van der Waals surface area contributed by atoms with Gasteiger partial charge < -0.3 is 9.26 Å². The molecule has 31 heavy (non-hydrogen) atoms. The highest BCUT2D eigenvalue weighted by molar-refractivity contribution is 8.13. The van der Waals surface area contributed by atoms with E-state index in [0.29, 0.717) is 36.5 Å². The summed E-state index contributed by atoms with van der Waals surface area (Å²) in [4.78, 5) is 12.0. The van der Waals surface area contributed by atoms with Gasteiger partial charge in [-0.3, -0.25) is 4.79 Å². The summed E-state index contributed by atoms with van der Waals surface area (Å²) >= 11 is 1.36. The van der Waals surface area contributed by atoms with Crippen molar-refractivity contribution in [1.29, 1.82) is 0 Å². The second-order valence-electron chi connectivity index (χ2n) is 11.0. The summed E-state index contributed by atoms with van der Waals surface area (Å²) < 4.78 is 18.2. The summed E-state index contributed by atoms with van der Waals surface area (Å²) in [6.07, 6.45) is 0. The van der Waals surface area contributed by atoms with Crippen molar-refractivity contribution < 1.29 is 14.1 Å². The lowest BCUT2D eigenvalue weighted by atomic mass is 10.1. The molecule has 0 amide bonds. The minimum atomic E-state index is -0.951. The number of carbonyl (C=O) groups is 1. The molecule has 0 unspecified atom stereocenters. The molecule has 0 radical (unpaired) electrons. The number of ether oxygens (including phenoxy) is 1. The van der Waals surface area contributed by atoms with Crippen molar-refractivity contribution in [3.63, 3.8) is 0 Å². The van der Waals surface area contributed by atoms with Crippen molar-refractivity contribution >= 4 is 25.3 Å². The lowest BCUT2D eigenvalue weighted by Gasteiger charge is -2.47. The van der Waals surface area contributed by atoms with Crippen molar-refractivity contribution in [2.75, 3.05) is 12.4 Å². The van der Waals surface area contributed by atoms with Gasteiger partial charge in [0.1, 0.15) is 0 Å². The maximum absolute atomic E-state index is 12.0. The first-order valence-electron chi connectivity index (χ1n) is 11.8. The van der Waals surface area contributed by atoms with Gasteiger partial charge in [0, 0.05) is 35.8 Å². The number of rotatable bonds is 14. The van der Waals surface area contributed by atoms with E-state index in [1.54, 1.807) is 0 Å². The highest BCUT2D eigenvalue weighted by Crippen LogP contribution is 2.51. The predicted molar refractivity (Wildman–Crippen MR) is 139 cm³/mol. The van der Waals surface area contributed by atoms with Gasteiger partial charge in [-0.1, -0.05) is 25.6 Å². The molecule has 0 aromatic rings. The minimum absolute atomic E-state index is 0.0387. The summed E-state index contributed by atoms with van der Waals surface area (Å²) in [7, 11) is -0.951. The van der Waals surface area contributed by atoms with Crippen LogP contribution in [-0.2, 0) is 14.1 Å². The minimum Gasteiger partial charge on any atom is -0.366 e. The fraction of sp³-hybridized carbons (Fsp3) is 0.958. The van der Waals surface area contributed by atoms with E-state index in [4.69, 9.17) is 9.26 Å². The van der Waals surface area contributed by atoms with Gasteiger partial charge in [0.2, 0.25) is 0 Å². The number of thioether (sulfide) groups is 1. The Hall–Kier alpha value is 0.290. The van der Waals surface area contributed by atoms with Crippen molar-refractivity contribution in [1.82, 2.24) is 9.34 Å². The molecule has 186 valence electrons. The lowest BCUT2D eigenvalue weighted by molar-refractivity contribution is -0.127. The normalized spacial score (nSPS) is 14.0. The third-order valence-corrected chi connectivity index (χ3v) is 9.22. The second-order valence-corrected chi connectivity index (χ2v) is 13.7. The molecule has 0 fully saturated rings. The van der Waals surface area contributed by atoms with Gasteiger partial charge in [0.05, 0.1) is 17.8 Å². The fourth-order valence-electron chi connectivity index (χ4n) is 3.67. The highest BCUT2D eigenvalue weighted by atomic mass is 32.2. The summed E-state index contributed by atoms with van der Waals surface area (Å²) in [5, 5.41) is 0.211. The summed E-state index contributed by atoms with van der Waals surface area (Å²) in [6, 6.07) is 1.52. The van der Waals surface area contributed by atoms with Crippen molar-refractivity contribution in [3.05, 3.63) is 0 Å². The van der Waals surface area contributed by atoms with Gasteiger partial charge in [0.15, 0.2) is 13.6 Å². The van der Waals surface area contributed by atoms with E-state index in [0.717, 1.165) is 0 Å². The van der Waals surface area contributed by atoms with Crippen LogP contribution in [0.4, 0.5) is 0 Å². The maximum atomic E-state index is 12.0. The topological polar surface area (TPSA) is 42.0 Å². The van der Waals surface area contributed by atoms with Crippen LogP contribution in [0.3, 0.4) is 0 Å². The van der Waals surface area contributed by atoms with Crippen LogP contribution in [0.15, 0.2) is 0 Å². The first kappa shape index (κ1) is 31.3. The molecule has 0 aromatic carbocycles. The molecule has 0 aromatic heterocycles. The third-order valence-electron chi connectivity index (χ3n) is 4.63. The van der Waals surface area contributed by atoms with Crippen molar-refractivity contribution in [2.24, 2.45) is 5.92 Å². The summed E-state index contributed by atoms with van der Waals surface area (Å²) in [6.45, 7) is 30.6. The molecule has 0 atom stereocenters. The van der Waals surface area contributed by atoms with Crippen molar-refractivity contribution in [2.45, 2.75) is 132 Å². The predicted octanol–water partition coefficient (Wildman–Crippen LogP) is 6.96. The molecule has 7 heteroatoms. The van der Waals surface area contributed by atoms with E-state index < -0.39 is 19.7 Å². The van der Waals surface area contributed by atoms with Gasteiger partial charge in [-0.2, -0.15) is 0 Å². The molecule has 0 heterocycles. The smallest absolute Gasteiger partial charge is 0.191 e. The Morgan fingerprint density at radius 3 is 1.48 bits per heavy atom. The van der Waals surface area contributed by atoms with Crippen LogP contribution in [0.1, 0.15) is 96.9 Å². The van der Waals surface area contributed by atoms with Crippen molar-refractivity contribution in [3.8, 4) is 0 Å². The highest BCUT2D eigenvalue weighted by Gasteiger charge is 2.37. The van der Waals surface area contributed by atoms with Crippen LogP contribution in [0.25, 0.3) is 0 Å². The van der Waals surface area contributed by atoms with Crippen LogP contribution in [0.2, 0.25) is 0 Å². The second kappa shape index (κ2) is 13.2. The van der Waals surface area contributed by atoms with Crippen LogP contribution in [-0.4, -0.2) is 62.2 Å². The average Bonchev–Trinajstić information content (AvgIpc) is 2.55. The number of carbonyl (C=O) groups excluding carboxylic acids is 1. The maximum Gasteiger partial charge on any atom is 0.191 e. The van der Waals surface area contributed by atoms with Crippen LogP contribution in [0, 0.1) is 5.92 Å². The zero-order valence-corrected chi connectivity index (χ0v) is 24.5. The van der Waals surface area contributed by atoms with Gasteiger partial charge in [-0.15, -0.1) is 0 Å². The molecule has 0 saturated heterocycles. The Kier molecular flexibility index (Phi) is 13.4. The van der Waals surface area contributed by atoms with Gasteiger partial charge in [0.25, 0.3) is 0 Å². The Bertz CT molecular complexity index is 501. The molecule has 0 aliphatic carbocycles. The molecule has 0 bridgehead atoms. The zero-order valence-electron chi connectivity index (χ0n) is 22.8. The van der Waals surface area contributed by atoms with E-state index >= 15 is 0 Å². The van der Waals surface area contributed by atoms with Crippen LogP contribution in [0.5, 0.6) is 0 Å². The molecule has 0 spiro atoms. The number of nitrogens with zero attached hydrogens (tertiary/aromatic N) is 2. The summed E-state index contributed by atoms with van der Waals surface area (Å²) in [5.74, 6) is 0.674.